The lowest BCUT2D eigenvalue weighted by molar-refractivity contribution is 0.0942. The molecule has 3 heterocycles. The van der Waals surface area contributed by atoms with Gasteiger partial charge in [-0.3, -0.25) is 4.79 Å². The largest absolute Gasteiger partial charge is 0.349 e. The van der Waals surface area contributed by atoms with E-state index in [1.165, 1.54) is 25.0 Å². The Morgan fingerprint density at radius 1 is 0.938 bits per heavy atom. The van der Waals surface area contributed by atoms with Gasteiger partial charge in [0.15, 0.2) is 5.65 Å². The van der Waals surface area contributed by atoms with Crippen LogP contribution in [0.15, 0.2) is 66.7 Å². The third kappa shape index (κ3) is 4.24. The van der Waals surface area contributed by atoms with E-state index < -0.39 is 0 Å². The average molecular weight is 429 g/mol. The Bertz CT molecular complexity index is 1230. The smallest absolute Gasteiger partial charge is 0.270 e. The number of amides is 1. The molecule has 4 aromatic rings. The summed E-state index contributed by atoms with van der Waals surface area (Å²) in [6.07, 6.45) is 2.44. The topological polar surface area (TPSA) is 62.5 Å². The lowest BCUT2D eigenvalue weighted by atomic mass is 10.1. The lowest BCUT2D eigenvalue weighted by Crippen LogP contribution is -2.34. The van der Waals surface area contributed by atoms with Crippen LogP contribution in [-0.2, 0) is 0 Å². The number of carbonyl (C=O) groups excluding carboxylic acids is 1. The van der Waals surface area contributed by atoms with Crippen molar-refractivity contribution >= 4 is 11.6 Å². The van der Waals surface area contributed by atoms with Crippen LogP contribution >= 0.6 is 0 Å². The maximum absolute atomic E-state index is 13.4. The highest BCUT2D eigenvalue weighted by Gasteiger charge is 2.18. The van der Waals surface area contributed by atoms with Crippen molar-refractivity contribution in [2.75, 3.05) is 26.2 Å². The molecular weight excluding hydrogens is 405 g/mol. The van der Waals surface area contributed by atoms with Crippen molar-refractivity contribution in [2.45, 2.75) is 12.8 Å². The summed E-state index contributed by atoms with van der Waals surface area (Å²) in [4.78, 5) is 20.2. The normalized spacial score (nSPS) is 14.2. The molecule has 1 fully saturated rings. The molecule has 32 heavy (non-hydrogen) atoms. The number of rotatable bonds is 6. The molecule has 0 aliphatic carbocycles. The van der Waals surface area contributed by atoms with Crippen molar-refractivity contribution in [3.05, 3.63) is 78.2 Å². The molecular formula is C25H24FN5O. The SMILES string of the molecule is O=C(NCCN1CCCC1)c1cc(-c2ccc(F)cc2)nc2cc(-c3ccccc3)nn12. The van der Waals surface area contributed by atoms with E-state index in [1.54, 1.807) is 22.7 Å². The van der Waals surface area contributed by atoms with Crippen molar-refractivity contribution in [2.24, 2.45) is 0 Å². The van der Waals surface area contributed by atoms with Crippen LogP contribution in [-0.4, -0.2) is 51.6 Å². The molecule has 2 aromatic carbocycles. The van der Waals surface area contributed by atoms with Gasteiger partial charge >= 0.3 is 0 Å². The summed E-state index contributed by atoms with van der Waals surface area (Å²) in [6.45, 7) is 3.58. The van der Waals surface area contributed by atoms with Gasteiger partial charge in [0, 0.05) is 30.3 Å². The second-order valence-electron chi connectivity index (χ2n) is 8.00. The zero-order chi connectivity index (χ0) is 21.9. The molecule has 1 amide bonds. The monoisotopic (exact) mass is 429 g/mol. The second kappa shape index (κ2) is 8.88. The van der Waals surface area contributed by atoms with Crippen molar-refractivity contribution in [3.8, 4) is 22.5 Å². The van der Waals surface area contributed by atoms with E-state index in [-0.39, 0.29) is 11.7 Å². The van der Waals surface area contributed by atoms with E-state index in [4.69, 9.17) is 4.98 Å². The number of hydrogen-bond donors (Lipinski definition) is 1. The molecule has 0 radical (unpaired) electrons. The van der Waals surface area contributed by atoms with Crippen molar-refractivity contribution in [1.29, 1.82) is 0 Å². The second-order valence-corrected chi connectivity index (χ2v) is 8.00. The van der Waals surface area contributed by atoms with Crippen LogP contribution in [0, 0.1) is 5.82 Å². The van der Waals surface area contributed by atoms with Crippen molar-refractivity contribution in [3.63, 3.8) is 0 Å². The highest BCUT2D eigenvalue weighted by Crippen LogP contribution is 2.24. The van der Waals surface area contributed by atoms with Crippen LogP contribution < -0.4 is 5.32 Å². The molecule has 0 bridgehead atoms. The van der Waals surface area contributed by atoms with Crippen molar-refractivity contribution in [1.82, 2.24) is 24.8 Å². The fourth-order valence-corrected chi connectivity index (χ4v) is 4.08. The van der Waals surface area contributed by atoms with E-state index in [2.05, 4.69) is 15.3 Å². The standard InChI is InChI=1S/C25H24FN5O/c26-20-10-8-19(9-11-20)21-16-23(25(32)27-12-15-30-13-4-5-14-30)31-24(28-21)17-22(29-31)18-6-2-1-3-7-18/h1-3,6-11,16-17H,4-5,12-15H2,(H,27,32). The number of benzene rings is 2. The number of carbonyl (C=O) groups is 1. The lowest BCUT2D eigenvalue weighted by Gasteiger charge is -2.15. The van der Waals surface area contributed by atoms with E-state index in [0.29, 0.717) is 23.6 Å². The number of halogens is 1. The predicted molar refractivity (Wildman–Crippen MR) is 122 cm³/mol. The summed E-state index contributed by atoms with van der Waals surface area (Å²) in [7, 11) is 0. The van der Waals surface area contributed by atoms with E-state index in [9.17, 15) is 9.18 Å². The van der Waals surface area contributed by atoms with Gasteiger partial charge in [-0.25, -0.2) is 13.9 Å². The minimum absolute atomic E-state index is 0.206. The minimum atomic E-state index is -0.314. The molecule has 0 saturated carbocycles. The summed E-state index contributed by atoms with van der Waals surface area (Å²) < 4.78 is 15.0. The number of fused-ring (bicyclic) bond motifs is 1. The number of nitrogens with zero attached hydrogens (tertiary/aromatic N) is 4. The van der Waals surface area contributed by atoms with Gasteiger partial charge in [-0.1, -0.05) is 30.3 Å². The summed E-state index contributed by atoms with van der Waals surface area (Å²) in [5.41, 5.74) is 3.99. The summed E-state index contributed by atoms with van der Waals surface area (Å²) in [6, 6.07) is 19.5. The molecule has 1 aliphatic rings. The molecule has 6 nitrogen and oxygen atoms in total. The van der Waals surface area contributed by atoms with Crippen LogP contribution in [0.25, 0.3) is 28.2 Å². The Hall–Kier alpha value is -3.58. The first-order valence-electron chi connectivity index (χ1n) is 10.9. The first-order valence-corrected chi connectivity index (χ1v) is 10.9. The predicted octanol–water partition coefficient (Wildman–Crippen LogP) is 4.03. The van der Waals surface area contributed by atoms with Crippen molar-refractivity contribution < 1.29 is 9.18 Å². The van der Waals surface area contributed by atoms with Gasteiger partial charge in [-0.15, -0.1) is 0 Å². The van der Waals surface area contributed by atoms with Gasteiger partial charge in [-0.05, 0) is 56.3 Å². The highest BCUT2D eigenvalue weighted by molar-refractivity contribution is 5.94. The summed E-state index contributed by atoms with van der Waals surface area (Å²) in [5.74, 6) is -0.520. The van der Waals surface area contributed by atoms with Crippen LogP contribution in [0.1, 0.15) is 23.3 Å². The average Bonchev–Trinajstić information content (AvgIpc) is 3.49. The third-order valence-electron chi connectivity index (χ3n) is 5.78. The van der Waals surface area contributed by atoms with Gasteiger partial charge in [-0.2, -0.15) is 5.10 Å². The molecule has 7 heteroatoms. The Balaban J connectivity index is 1.51. The van der Waals surface area contributed by atoms with Gasteiger partial charge in [0.25, 0.3) is 5.91 Å². The van der Waals surface area contributed by atoms with E-state index in [1.807, 2.05) is 36.4 Å². The molecule has 0 spiro atoms. The molecule has 5 rings (SSSR count). The number of nitrogens with one attached hydrogen (secondary N) is 1. The summed E-state index contributed by atoms with van der Waals surface area (Å²) in [5, 5.41) is 7.69. The number of likely N-dealkylation sites (tertiary alicyclic amines) is 1. The Morgan fingerprint density at radius 3 is 2.41 bits per heavy atom. The van der Waals surface area contributed by atoms with Gasteiger partial charge in [0.1, 0.15) is 11.5 Å². The highest BCUT2D eigenvalue weighted by atomic mass is 19.1. The van der Waals surface area contributed by atoms with E-state index >= 15 is 0 Å². The Labute approximate surface area is 185 Å². The minimum Gasteiger partial charge on any atom is -0.349 e. The number of hydrogen-bond acceptors (Lipinski definition) is 4. The van der Waals surface area contributed by atoms with E-state index in [0.717, 1.165) is 36.5 Å². The fraction of sp³-hybridized carbons (Fsp3) is 0.240. The summed E-state index contributed by atoms with van der Waals surface area (Å²) >= 11 is 0. The molecule has 162 valence electrons. The maximum atomic E-state index is 13.4. The van der Waals surface area contributed by atoms with Crippen LogP contribution in [0.5, 0.6) is 0 Å². The molecule has 2 aromatic heterocycles. The fourth-order valence-electron chi connectivity index (χ4n) is 4.08. The Kier molecular flexibility index (Phi) is 5.64. The van der Waals surface area contributed by atoms with Gasteiger partial charge in [0.05, 0.1) is 11.4 Å². The Morgan fingerprint density at radius 2 is 1.66 bits per heavy atom. The maximum Gasteiger partial charge on any atom is 0.270 e. The molecule has 1 aliphatic heterocycles. The zero-order valence-electron chi connectivity index (χ0n) is 17.7. The third-order valence-corrected chi connectivity index (χ3v) is 5.78. The van der Waals surface area contributed by atoms with Gasteiger partial charge in [0.2, 0.25) is 0 Å². The number of aromatic nitrogens is 3. The molecule has 1 saturated heterocycles. The first-order chi connectivity index (χ1) is 15.7. The van der Waals surface area contributed by atoms with Crippen LogP contribution in [0.4, 0.5) is 4.39 Å². The molecule has 0 atom stereocenters. The first kappa shape index (κ1) is 20.3. The molecule has 1 N–H and O–H groups in total. The van der Waals surface area contributed by atoms with Gasteiger partial charge < -0.3 is 10.2 Å². The van der Waals surface area contributed by atoms with Crippen LogP contribution in [0.2, 0.25) is 0 Å². The molecule has 0 unspecified atom stereocenters. The quantitative estimate of drug-likeness (QED) is 0.503. The zero-order valence-corrected chi connectivity index (χ0v) is 17.7. The van der Waals surface area contributed by atoms with Crippen LogP contribution in [0.3, 0.4) is 0 Å².